The van der Waals surface area contributed by atoms with Crippen molar-refractivity contribution in [2.45, 2.75) is 57.9 Å². The first kappa shape index (κ1) is 15.1. The van der Waals surface area contributed by atoms with Crippen LogP contribution < -0.4 is 5.32 Å². The van der Waals surface area contributed by atoms with Crippen LogP contribution in [0, 0.1) is 24.7 Å². The van der Waals surface area contributed by atoms with Gasteiger partial charge in [-0.1, -0.05) is 25.7 Å². The molecule has 4 atom stereocenters. The van der Waals surface area contributed by atoms with Gasteiger partial charge in [0.25, 0.3) is 0 Å². The Morgan fingerprint density at radius 1 is 1.20 bits per heavy atom. The van der Waals surface area contributed by atoms with Crippen LogP contribution in [0.1, 0.15) is 61.4 Å². The van der Waals surface area contributed by atoms with Gasteiger partial charge in [0.15, 0.2) is 0 Å². The van der Waals surface area contributed by atoms with Gasteiger partial charge in [0.2, 0.25) is 0 Å². The van der Waals surface area contributed by atoms with E-state index in [1.54, 1.807) is 0 Å². The highest BCUT2D eigenvalue weighted by molar-refractivity contribution is 9.11. The van der Waals surface area contributed by atoms with Crippen molar-refractivity contribution in [2.75, 3.05) is 7.05 Å². The van der Waals surface area contributed by atoms with E-state index in [2.05, 4.69) is 41.3 Å². The van der Waals surface area contributed by atoms with E-state index in [0.717, 1.165) is 17.8 Å². The van der Waals surface area contributed by atoms with E-state index >= 15 is 0 Å². The van der Waals surface area contributed by atoms with Crippen molar-refractivity contribution in [1.82, 2.24) is 5.32 Å². The van der Waals surface area contributed by atoms with Crippen LogP contribution in [0.5, 0.6) is 0 Å². The molecule has 0 aliphatic heterocycles. The highest BCUT2D eigenvalue weighted by Gasteiger charge is 2.35. The lowest BCUT2D eigenvalue weighted by molar-refractivity contribution is 0.112. The van der Waals surface area contributed by atoms with E-state index in [9.17, 15) is 0 Å². The number of nitrogens with one attached hydrogen (secondary N) is 1. The average molecular weight is 356 g/mol. The molecule has 20 heavy (non-hydrogen) atoms. The standard InChI is InChI=1S/C17H26BrNS/c1-11-9-15(20-17(11)18)16(19-2)14-8-7-12-5-3-4-6-13(12)10-14/h9,12-14,16,19H,3-8,10H2,1-2H3. The van der Waals surface area contributed by atoms with E-state index in [0.29, 0.717) is 6.04 Å². The van der Waals surface area contributed by atoms with E-state index in [1.807, 2.05) is 11.3 Å². The second kappa shape index (κ2) is 6.50. The molecular weight excluding hydrogens is 330 g/mol. The summed E-state index contributed by atoms with van der Waals surface area (Å²) in [6, 6.07) is 2.94. The van der Waals surface area contributed by atoms with Crippen LogP contribution in [-0.2, 0) is 0 Å². The van der Waals surface area contributed by atoms with Crippen molar-refractivity contribution in [1.29, 1.82) is 0 Å². The lowest BCUT2D eigenvalue weighted by Gasteiger charge is -2.41. The minimum Gasteiger partial charge on any atom is -0.312 e. The fourth-order valence-electron chi connectivity index (χ4n) is 4.46. The Labute approximate surface area is 135 Å². The minimum atomic E-state index is 0.563. The largest absolute Gasteiger partial charge is 0.312 e. The number of halogens is 1. The first-order valence-corrected chi connectivity index (χ1v) is 9.73. The normalized spacial score (nSPS) is 31.9. The quantitative estimate of drug-likeness (QED) is 0.734. The molecule has 0 saturated heterocycles. The zero-order valence-corrected chi connectivity index (χ0v) is 15.0. The summed E-state index contributed by atoms with van der Waals surface area (Å²) in [6.45, 7) is 2.20. The van der Waals surface area contributed by atoms with Crippen molar-refractivity contribution in [3.8, 4) is 0 Å². The molecule has 2 aliphatic rings. The molecule has 1 aromatic rings. The van der Waals surface area contributed by atoms with E-state index in [-0.39, 0.29) is 0 Å². The second-order valence-electron chi connectivity index (χ2n) is 6.75. The van der Waals surface area contributed by atoms with Crippen LogP contribution in [0.3, 0.4) is 0 Å². The summed E-state index contributed by atoms with van der Waals surface area (Å²) in [5.41, 5.74) is 1.39. The predicted molar refractivity (Wildman–Crippen MR) is 91.3 cm³/mol. The molecule has 0 radical (unpaired) electrons. The highest BCUT2D eigenvalue weighted by Crippen LogP contribution is 2.47. The molecule has 0 amide bonds. The molecule has 1 N–H and O–H groups in total. The first-order chi connectivity index (χ1) is 9.69. The fraction of sp³-hybridized carbons (Fsp3) is 0.765. The van der Waals surface area contributed by atoms with Gasteiger partial charge < -0.3 is 5.32 Å². The molecule has 1 nitrogen and oxygen atoms in total. The third kappa shape index (κ3) is 3.00. The molecule has 2 fully saturated rings. The Kier molecular flexibility index (Phi) is 4.89. The lowest BCUT2D eigenvalue weighted by atomic mass is 9.66. The highest BCUT2D eigenvalue weighted by atomic mass is 79.9. The van der Waals surface area contributed by atoms with Crippen LogP contribution in [0.15, 0.2) is 9.85 Å². The van der Waals surface area contributed by atoms with Gasteiger partial charge in [-0.15, -0.1) is 11.3 Å². The summed E-state index contributed by atoms with van der Waals surface area (Å²) >= 11 is 5.61. The maximum Gasteiger partial charge on any atom is 0.0731 e. The first-order valence-electron chi connectivity index (χ1n) is 8.12. The van der Waals surface area contributed by atoms with Crippen LogP contribution in [0.4, 0.5) is 0 Å². The predicted octanol–water partition coefficient (Wildman–Crippen LogP) is 5.69. The number of rotatable bonds is 3. The van der Waals surface area contributed by atoms with Gasteiger partial charge in [-0.2, -0.15) is 0 Å². The number of hydrogen-bond donors (Lipinski definition) is 1. The molecule has 4 unspecified atom stereocenters. The fourth-order valence-corrected chi connectivity index (χ4v) is 6.23. The number of aryl methyl sites for hydroxylation is 1. The van der Waals surface area contributed by atoms with Crippen molar-refractivity contribution in [3.05, 3.63) is 20.3 Å². The molecule has 2 aliphatic carbocycles. The van der Waals surface area contributed by atoms with E-state index in [1.165, 1.54) is 59.2 Å². The molecule has 2 saturated carbocycles. The van der Waals surface area contributed by atoms with Gasteiger partial charge in [-0.25, -0.2) is 0 Å². The molecule has 0 spiro atoms. The smallest absolute Gasteiger partial charge is 0.0731 e. The summed E-state index contributed by atoms with van der Waals surface area (Å²) < 4.78 is 1.30. The molecule has 0 aromatic carbocycles. The van der Waals surface area contributed by atoms with Crippen molar-refractivity contribution >= 4 is 27.3 Å². The molecule has 112 valence electrons. The van der Waals surface area contributed by atoms with Gasteiger partial charge in [0.1, 0.15) is 0 Å². The molecule has 3 rings (SSSR count). The third-order valence-corrected chi connectivity index (χ3v) is 7.77. The van der Waals surface area contributed by atoms with Crippen molar-refractivity contribution in [3.63, 3.8) is 0 Å². The van der Waals surface area contributed by atoms with Gasteiger partial charge >= 0.3 is 0 Å². The summed E-state index contributed by atoms with van der Waals surface area (Å²) in [5.74, 6) is 2.90. The summed E-state index contributed by atoms with van der Waals surface area (Å²) in [5, 5.41) is 3.61. The van der Waals surface area contributed by atoms with Crippen molar-refractivity contribution < 1.29 is 0 Å². The van der Waals surface area contributed by atoms with Gasteiger partial charge in [0.05, 0.1) is 3.79 Å². The van der Waals surface area contributed by atoms with Gasteiger partial charge in [0, 0.05) is 10.9 Å². The summed E-state index contributed by atoms with van der Waals surface area (Å²) in [6.07, 6.45) is 10.3. The molecule has 0 bridgehead atoms. The van der Waals surface area contributed by atoms with Crippen LogP contribution >= 0.6 is 27.3 Å². The maximum atomic E-state index is 3.68. The van der Waals surface area contributed by atoms with Gasteiger partial charge in [-0.3, -0.25) is 0 Å². The van der Waals surface area contributed by atoms with Crippen molar-refractivity contribution in [2.24, 2.45) is 17.8 Å². The summed E-state index contributed by atoms with van der Waals surface area (Å²) in [7, 11) is 2.14. The third-order valence-electron chi connectivity index (χ3n) is 5.55. The number of hydrogen-bond acceptors (Lipinski definition) is 2. The van der Waals surface area contributed by atoms with E-state index < -0.39 is 0 Å². The Bertz CT molecular complexity index is 436. The van der Waals surface area contributed by atoms with Crippen LogP contribution in [0.25, 0.3) is 0 Å². The maximum absolute atomic E-state index is 3.68. The molecular formula is C17H26BrNS. The Hall–Kier alpha value is 0.140. The zero-order chi connectivity index (χ0) is 14.1. The summed E-state index contributed by atoms with van der Waals surface area (Å²) in [4.78, 5) is 1.52. The lowest BCUT2D eigenvalue weighted by Crippen LogP contribution is -2.34. The molecule has 1 aromatic heterocycles. The van der Waals surface area contributed by atoms with E-state index in [4.69, 9.17) is 0 Å². The topological polar surface area (TPSA) is 12.0 Å². The Morgan fingerprint density at radius 2 is 1.95 bits per heavy atom. The van der Waals surface area contributed by atoms with Crippen LogP contribution in [-0.4, -0.2) is 7.05 Å². The number of fused-ring (bicyclic) bond motifs is 1. The SMILES string of the molecule is CNC(c1cc(C)c(Br)s1)C1CCC2CCCCC2C1. The minimum absolute atomic E-state index is 0.563. The second-order valence-corrected chi connectivity index (χ2v) is 9.15. The monoisotopic (exact) mass is 355 g/mol. The zero-order valence-electron chi connectivity index (χ0n) is 12.6. The van der Waals surface area contributed by atoms with Crippen LogP contribution in [0.2, 0.25) is 0 Å². The Balaban J connectivity index is 1.73. The molecule has 3 heteroatoms. The Morgan fingerprint density at radius 3 is 2.60 bits per heavy atom. The molecule has 1 heterocycles. The number of thiophene rings is 1. The van der Waals surface area contributed by atoms with Gasteiger partial charge in [-0.05, 0) is 78.5 Å². The average Bonchev–Trinajstić information content (AvgIpc) is 2.79.